The molecule has 1 aromatic carbocycles. The van der Waals surface area contributed by atoms with Crippen LogP contribution in [0.15, 0.2) is 30.3 Å². The summed E-state index contributed by atoms with van der Waals surface area (Å²) >= 11 is 0. The predicted molar refractivity (Wildman–Crippen MR) is 91.9 cm³/mol. The SMILES string of the molecule is CCCN(CCC)C(=O)CN1CCCC1Cc1ccccc1. The number of hydrogen-bond acceptors (Lipinski definition) is 2. The summed E-state index contributed by atoms with van der Waals surface area (Å²) in [5, 5.41) is 0. The summed E-state index contributed by atoms with van der Waals surface area (Å²) < 4.78 is 0. The van der Waals surface area contributed by atoms with Crippen LogP contribution in [0.1, 0.15) is 45.1 Å². The third-order valence-electron chi connectivity index (χ3n) is 4.49. The van der Waals surface area contributed by atoms with E-state index in [1.165, 1.54) is 18.4 Å². The lowest BCUT2D eigenvalue weighted by molar-refractivity contribution is -0.132. The lowest BCUT2D eigenvalue weighted by Crippen LogP contribution is -2.43. The lowest BCUT2D eigenvalue weighted by atomic mass is 10.0. The van der Waals surface area contributed by atoms with E-state index in [-0.39, 0.29) is 0 Å². The number of carbonyl (C=O) groups is 1. The van der Waals surface area contributed by atoms with E-state index in [1.54, 1.807) is 0 Å². The van der Waals surface area contributed by atoms with Crippen LogP contribution in [0.5, 0.6) is 0 Å². The van der Waals surface area contributed by atoms with E-state index in [4.69, 9.17) is 0 Å². The molecular formula is C19H30N2O. The number of carbonyl (C=O) groups excluding carboxylic acids is 1. The van der Waals surface area contributed by atoms with E-state index in [0.29, 0.717) is 18.5 Å². The molecule has 1 saturated heterocycles. The number of hydrogen-bond donors (Lipinski definition) is 0. The van der Waals surface area contributed by atoms with E-state index < -0.39 is 0 Å². The second-order valence-electron chi connectivity index (χ2n) is 6.34. The highest BCUT2D eigenvalue weighted by molar-refractivity contribution is 5.78. The molecule has 1 aliphatic rings. The molecule has 1 aliphatic heterocycles. The summed E-state index contributed by atoms with van der Waals surface area (Å²) in [5.41, 5.74) is 1.38. The van der Waals surface area contributed by atoms with Crippen molar-refractivity contribution in [3.05, 3.63) is 35.9 Å². The minimum Gasteiger partial charge on any atom is -0.342 e. The lowest BCUT2D eigenvalue weighted by Gasteiger charge is -2.28. The van der Waals surface area contributed by atoms with E-state index in [1.807, 2.05) is 4.90 Å². The van der Waals surface area contributed by atoms with Gasteiger partial charge in [0, 0.05) is 19.1 Å². The molecule has 1 unspecified atom stereocenters. The van der Waals surface area contributed by atoms with Crippen LogP contribution in [0.2, 0.25) is 0 Å². The zero-order valence-corrected chi connectivity index (χ0v) is 14.1. The van der Waals surface area contributed by atoms with Gasteiger partial charge in [-0.05, 0) is 44.2 Å². The van der Waals surface area contributed by atoms with Gasteiger partial charge >= 0.3 is 0 Å². The standard InChI is InChI=1S/C19H30N2O/c1-3-12-20(13-4-2)19(22)16-21-14-8-11-18(21)15-17-9-6-5-7-10-17/h5-7,9-10,18H,3-4,8,11-16H2,1-2H3. The smallest absolute Gasteiger partial charge is 0.236 e. The Balaban J connectivity index is 1.91. The molecular weight excluding hydrogens is 272 g/mol. The summed E-state index contributed by atoms with van der Waals surface area (Å²) in [6, 6.07) is 11.2. The molecule has 3 heteroatoms. The minimum absolute atomic E-state index is 0.309. The average molecular weight is 302 g/mol. The second kappa shape index (κ2) is 8.94. The molecule has 0 aliphatic carbocycles. The van der Waals surface area contributed by atoms with Crippen molar-refractivity contribution in [2.24, 2.45) is 0 Å². The maximum atomic E-state index is 12.6. The molecule has 22 heavy (non-hydrogen) atoms. The monoisotopic (exact) mass is 302 g/mol. The molecule has 1 atom stereocenters. The maximum absolute atomic E-state index is 12.6. The fraction of sp³-hybridized carbons (Fsp3) is 0.632. The fourth-order valence-electron chi connectivity index (χ4n) is 3.40. The molecule has 0 spiro atoms. The topological polar surface area (TPSA) is 23.6 Å². The first-order chi connectivity index (χ1) is 10.7. The van der Waals surface area contributed by atoms with Crippen molar-refractivity contribution in [2.75, 3.05) is 26.2 Å². The molecule has 0 bridgehead atoms. The fourth-order valence-corrected chi connectivity index (χ4v) is 3.40. The predicted octanol–water partition coefficient (Wildman–Crippen LogP) is 3.34. The van der Waals surface area contributed by atoms with Gasteiger partial charge in [-0.1, -0.05) is 44.2 Å². The zero-order valence-electron chi connectivity index (χ0n) is 14.1. The van der Waals surface area contributed by atoms with Crippen molar-refractivity contribution >= 4 is 5.91 Å². The Kier molecular flexibility index (Phi) is 6.91. The Morgan fingerprint density at radius 3 is 2.50 bits per heavy atom. The second-order valence-corrected chi connectivity index (χ2v) is 6.34. The number of rotatable bonds is 8. The van der Waals surface area contributed by atoms with E-state index in [2.05, 4.69) is 49.1 Å². The van der Waals surface area contributed by atoms with Crippen molar-refractivity contribution in [3.63, 3.8) is 0 Å². The normalized spacial score (nSPS) is 18.5. The third kappa shape index (κ3) is 4.84. The quantitative estimate of drug-likeness (QED) is 0.735. The van der Waals surface area contributed by atoms with Gasteiger partial charge in [-0.3, -0.25) is 9.69 Å². The molecule has 0 aromatic heterocycles. The third-order valence-corrected chi connectivity index (χ3v) is 4.49. The van der Waals surface area contributed by atoms with Crippen LogP contribution in [-0.2, 0) is 11.2 Å². The number of likely N-dealkylation sites (tertiary alicyclic amines) is 1. The Bertz CT molecular complexity index is 440. The average Bonchev–Trinajstić information content (AvgIpc) is 2.95. The minimum atomic E-state index is 0.309. The van der Waals surface area contributed by atoms with Gasteiger partial charge in [0.2, 0.25) is 5.91 Å². The number of amides is 1. The van der Waals surface area contributed by atoms with Crippen LogP contribution >= 0.6 is 0 Å². The van der Waals surface area contributed by atoms with E-state index >= 15 is 0 Å². The first-order valence-electron chi connectivity index (χ1n) is 8.80. The molecule has 1 aromatic rings. The summed E-state index contributed by atoms with van der Waals surface area (Å²) in [6.07, 6.45) is 5.57. The Morgan fingerprint density at radius 1 is 1.18 bits per heavy atom. The van der Waals surface area contributed by atoms with Gasteiger partial charge in [-0.2, -0.15) is 0 Å². The van der Waals surface area contributed by atoms with Crippen molar-refractivity contribution < 1.29 is 4.79 Å². The van der Waals surface area contributed by atoms with Crippen LogP contribution < -0.4 is 0 Å². The summed E-state index contributed by atoms with van der Waals surface area (Å²) in [6.45, 7) is 7.73. The molecule has 1 fully saturated rings. The van der Waals surface area contributed by atoms with E-state index in [0.717, 1.165) is 38.9 Å². The highest BCUT2D eigenvalue weighted by Gasteiger charge is 2.27. The van der Waals surface area contributed by atoms with Crippen molar-refractivity contribution in [1.82, 2.24) is 9.80 Å². The molecule has 1 heterocycles. The largest absolute Gasteiger partial charge is 0.342 e. The highest BCUT2D eigenvalue weighted by Crippen LogP contribution is 2.21. The van der Waals surface area contributed by atoms with Gasteiger partial charge in [0.25, 0.3) is 0 Å². The van der Waals surface area contributed by atoms with Gasteiger partial charge in [0.1, 0.15) is 0 Å². The van der Waals surface area contributed by atoms with Gasteiger partial charge in [0.05, 0.1) is 6.54 Å². The van der Waals surface area contributed by atoms with Crippen molar-refractivity contribution in [2.45, 2.75) is 52.0 Å². The molecule has 1 amide bonds. The molecule has 0 radical (unpaired) electrons. The molecule has 2 rings (SSSR count). The number of nitrogens with zero attached hydrogens (tertiary/aromatic N) is 2. The van der Waals surface area contributed by atoms with Crippen LogP contribution in [-0.4, -0.2) is 47.9 Å². The summed E-state index contributed by atoms with van der Waals surface area (Å²) in [7, 11) is 0. The van der Waals surface area contributed by atoms with Crippen LogP contribution in [0, 0.1) is 0 Å². The summed E-state index contributed by atoms with van der Waals surface area (Å²) in [4.78, 5) is 17.0. The Morgan fingerprint density at radius 2 is 1.86 bits per heavy atom. The molecule has 0 N–H and O–H groups in total. The van der Waals surface area contributed by atoms with Crippen LogP contribution in [0.3, 0.4) is 0 Å². The van der Waals surface area contributed by atoms with Gasteiger partial charge in [-0.25, -0.2) is 0 Å². The van der Waals surface area contributed by atoms with Crippen molar-refractivity contribution in [1.29, 1.82) is 0 Å². The molecule has 0 saturated carbocycles. The maximum Gasteiger partial charge on any atom is 0.236 e. The first-order valence-corrected chi connectivity index (χ1v) is 8.80. The van der Waals surface area contributed by atoms with Gasteiger partial charge in [0.15, 0.2) is 0 Å². The zero-order chi connectivity index (χ0) is 15.8. The van der Waals surface area contributed by atoms with E-state index in [9.17, 15) is 4.79 Å². The molecule has 122 valence electrons. The van der Waals surface area contributed by atoms with Crippen LogP contribution in [0.4, 0.5) is 0 Å². The van der Waals surface area contributed by atoms with Crippen LogP contribution in [0.25, 0.3) is 0 Å². The van der Waals surface area contributed by atoms with Crippen molar-refractivity contribution in [3.8, 4) is 0 Å². The van der Waals surface area contributed by atoms with Gasteiger partial charge in [-0.15, -0.1) is 0 Å². The molecule has 3 nitrogen and oxygen atoms in total. The first kappa shape index (κ1) is 17.0. The Labute approximate surface area is 135 Å². The summed E-state index contributed by atoms with van der Waals surface area (Å²) in [5.74, 6) is 0.309. The number of benzene rings is 1. The highest BCUT2D eigenvalue weighted by atomic mass is 16.2. The Hall–Kier alpha value is -1.35. The van der Waals surface area contributed by atoms with Gasteiger partial charge < -0.3 is 4.90 Å².